The normalized spacial score (nSPS) is 32.6. The van der Waals surface area contributed by atoms with Gasteiger partial charge in [0.15, 0.2) is 0 Å². The van der Waals surface area contributed by atoms with E-state index in [0.717, 1.165) is 6.42 Å². The van der Waals surface area contributed by atoms with Crippen molar-refractivity contribution in [3.63, 3.8) is 0 Å². The highest BCUT2D eigenvalue weighted by atomic mass is 16.5. The molecule has 72 valence electrons. The molecule has 0 amide bonds. The van der Waals surface area contributed by atoms with Crippen molar-refractivity contribution in [2.24, 2.45) is 5.92 Å². The van der Waals surface area contributed by atoms with Gasteiger partial charge in [0.2, 0.25) is 0 Å². The Kier molecular flexibility index (Phi) is 3.28. The fraction of sp³-hybridized carbons (Fsp3) is 0.538. The molecule has 1 heteroatoms. The monoisotopic (exact) mass is 186 g/mol. The highest BCUT2D eigenvalue weighted by Crippen LogP contribution is 2.26. The van der Waals surface area contributed by atoms with Gasteiger partial charge in [-0.1, -0.05) is 36.5 Å². The van der Waals surface area contributed by atoms with Gasteiger partial charge < -0.3 is 4.74 Å². The van der Waals surface area contributed by atoms with Crippen LogP contribution in [-0.4, -0.2) is 12.7 Å². The van der Waals surface area contributed by atoms with Gasteiger partial charge in [-0.2, -0.15) is 0 Å². The number of ether oxygens (including phenoxy) is 1. The molecule has 1 aliphatic heterocycles. The second-order valence-corrected chi connectivity index (χ2v) is 3.68. The van der Waals surface area contributed by atoms with Crippen molar-refractivity contribution in [1.82, 2.24) is 0 Å². The smallest absolute Gasteiger partial charge is 0.108 e. The molecule has 0 aromatic rings. The van der Waals surface area contributed by atoms with Crippen LogP contribution in [0.15, 0.2) is 12.2 Å². The Hall–Kier alpha value is -1.18. The average Bonchev–Trinajstić information content (AvgIpc) is 2.25. The molecule has 0 spiro atoms. The summed E-state index contributed by atoms with van der Waals surface area (Å²) in [5.74, 6) is 12.6. The zero-order valence-corrected chi connectivity index (χ0v) is 8.25. The van der Waals surface area contributed by atoms with Gasteiger partial charge in [0.1, 0.15) is 6.61 Å². The van der Waals surface area contributed by atoms with Crippen LogP contribution in [0.25, 0.3) is 0 Å². The number of hydrogen-bond donors (Lipinski definition) is 0. The fourth-order valence-electron chi connectivity index (χ4n) is 1.95. The van der Waals surface area contributed by atoms with E-state index in [1.807, 2.05) is 6.08 Å². The molecule has 0 saturated heterocycles. The largest absolute Gasteiger partial charge is 0.364 e. The van der Waals surface area contributed by atoms with E-state index in [4.69, 9.17) is 4.74 Å². The van der Waals surface area contributed by atoms with Gasteiger partial charge >= 0.3 is 0 Å². The highest BCUT2D eigenvalue weighted by Gasteiger charge is 2.23. The van der Waals surface area contributed by atoms with Crippen molar-refractivity contribution in [3.05, 3.63) is 12.2 Å². The molecule has 1 heterocycles. The maximum atomic E-state index is 5.71. The Labute approximate surface area is 85.5 Å². The maximum Gasteiger partial charge on any atom is 0.108 e. The predicted octanol–water partition coefficient (Wildman–Crippen LogP) is 2.14. The molecule has 0 radical (unpaired) electrons. The molecule has 1 fully saturated rings. The Morgan fingerprint density at radius 3 is 2.93 bits per heavy atom. The van der Waals surface area contributed by atoms with Crippen LogP contribution >= 0.6 is 0 Å². The summed E-state index contributed by atoms with van der Waals surface area (Å²) in [5, 5.41) is 0. The molecule has 14 heavy (non-hydrogen) atoms. The Balaban J connectivity index is 2.11. The third kappa shape index (κ3) is 2.41. The van der Waals surface area contributed by atoms with Crippen molar-refractivity contribution in [2.75, 3.05) is 6.61 Å². The lowest BCUT2D eigenvalue weighted by atomic mass is 9.87. The number of allylic oxidation sites excluding steroid dienone is 2. The first-order valence-corrected chi connectivity index (χ1v) is 5.23. The van der Waals surface area contributed by atoms with E-state index in [0.29, 0.717) is 18.6 Å². The first kappa shape index (κ1) is 9.38. The predicted molar refractivity (Wildman–Crippen MR) is 56.4 cm³/mol. The molecule has 1 saturated carbocycles. The van der Waals surface area contributed by atoms with Crippen LogP contribution in [0.1, 0.15) is 25.7 Å². The summed E-state index contributed by atoms with van der Waals surface area (Å²) in [7, 11) is 0. The van der Waals surface area contributed by atoms with E-state index in [1.54, 1.807) is 6.08 Å². The van der Waals surface area contributed by atoms with Crippen molar-refractivity contribution in [3.8, 4) is 23.7 Å². The first-order valence-electron chi connectivity index (χ1n) is 5.23. The molecule has 2 rings (SSSR count). The SMILES string of the molecule is C1#CCO[C@H]2CCCC[C@@H]2C#C/C=C\1. The van der Waals surface area contributed by atoms with Gasteiger partial charge in [0.25, 0.3) is 0 Å². The summed E-state index contributed by atoms with van der Waals surface area (Å²) in [6, 6.07) is 0. The molecule has 2 aliphatic rings. The van der Waals surface area contributed by atoms with Crippen molar-refractivity contribution in [1.29, 1.82) is 0 Å². The fourth-order valence-corrected chi connectivity index (χ4v) is 1.95. The zero-order valence-electron chi connectivity index (χ0n) is 8.25. The van der Waals surface area contributed by atoms with Crippen LogP contribution in [0.2, 0.25) is 0 Å². The third-order valence-corrected chi connectivity index (χ3v) is 2.69. The second-order valence-electron chi connectivity index (χ2n) is 3.68. The molecule has 2 atom stereocenters. The van der Waals surface area contributed by atoms with Crippen LogP contribution in [0.4, 0.5) is 0 Å². The summed E-state index contributed by atoms with van der Waals surface area (Å²) in [6.45, 7) is 0.549. The summed E-state index contributed by atoms with van der Waals surface area (Å²) in [6.07, 6.45) is 8.82. The van der Waals surface area contributed by atoms with E-state index in [1.165, 1.54) is 19.3 Å². The summed E-state index contributed by atoms with van der Waals surface area (Å²) in [5.41, 5.74) is 0. The molecular formula is C13H14O. The number of fused-ring (bicyclic) bond motifs is 1. The van der Waals surface area contributed by atoms with E-state index < -0.39 is 0 Å². The molecule has 0 N–H and O–H groups in total. The first-order chi connectivity index (χ1) is 6.97. The Morgan fingerprint density at radius 2 is 1.93 bits per heavy atom. The molecule has 0 bridgehead atoms. The minimum Gasteiger partial charge on any atom is -0.364 e. The van der Waals surface area contributed by atoms with Gasteiger partial charge in [0.05, 0.1) is 6.10 Å². The number of rotatable bonds is 0. The van der Waals surface area contributed by atoms with Gasteiger partial charge in [0, 0.05) is 5.92 Å². The molecule has 1 nitrogen and oxygen atoms in total. The number of hydrogen-bond acceptors (Lipinski definition) is 1. The van der Waals surface area contributed by atoms with Crippen molar-refractivity contribution < 1.29 is 4.74 Å². The van der Waals surface area contributed by atoms with E-state index >= 15 is 0 Å². The lowest BCUT2D eigenvalue weighted by Gasteiger charge is -2.27. The molecular weight excluding hydrogens is 172 g/mol. The average molecular weight is 186 g/mol. The highest BCUT2D eigenvalue weighted by molar-refractivity contribution is 5.26. The maximum absolute atomic E-state index is 5.71. The molecule has 0 unspecified atom stereocenters. The lowest BCUT2D eigenvalue weighted by Crippen LogP contribution is -2.27. The quantitative estimate of drug-likeness (QED) is 0.527. The minimum absolute atomic E-state index is 0.317. The van der Waals surface area contributed by atoms with Gasteiger partial charge in [-0.25, -0.2) is 0 Å². The van der Waals surface area contributed by atoms with Gasteiger partial charge in [-0.05, 0) is 25.0 Å². The third-order valence-electron chi connectivity index (χ3n) is 2.69. The van der Waals surface area contributed by atoms with Crippen molar-refractivity contribution >= 4 is 0 Å². The van der Waals surface area contributed by atoms with Crippen LogP contribution in [0.5, 0.6) is 0 Å². The summed E-state index contributed by atoms with van der Waals surface area (Å²) >= 11 is 0. The standard InChI is InChI=1S/C13H14O/c1-2-4-8-12-9-5-6-10-13(12)14-11-7-3-1/h1-2,12-13H,5-6,9-11H2/b2-1-/t12-,13-/m0/s1. The van der Waals surface area contributed by atoms with Crippen LogP contribution in [-0.2, 0) is 4.74 Å². The van der Waals surface area contributed by atoms with E-state index in [9.17, 15) is 0 Å². The van der Waals surface area contributed by atoms with Crippen LogP contribution in [0, 0.1) is 29.6 Å². The van der Waals surface area contributed by atoms with Crippen LogP contribution in [0.3, 0.4) is 0 Å². The Morgan fingerprint density at radius 1 is 1.07 bits per heavy atom. The van der Waals surface area contributed by atoms with Crippen LogP contribution < -0.4 is 0 Å². The second kappa shape index (κ2) is 4.89. The minimum atomic E-state index is 0.317. The van der Waals surface area contributed by atoms with E-state index in [-0.39, 0.29) is 0 Å². The van der Waals surface area contributed by atoms with Crippen molar-refractivity contribution in [2.45, 2.75) is 31.8 Å². The zero-order chi connectivity index (χ0) is 9.64. The lowest BCUT2D eigenvalue weighted by molar-refractivity contribution is 0.0256. The molecule has 1 aliphatic carbocycles. The Bertz CT molecular complexity index is 332. The van der Waals surface area contributed by atoms with Gasteiger partial charge in [-0.15, -0.1) is 0 Å². The van der Waals surface area contributed by atoms with E-state index in [2.05, 4.69) is 23.7 Å². The van der Waals surface area contributed by atoms with Gasteiger partial charge in [-0.3, -0.25) is 0 Å². The summed E-state index contributed by atoms with van der Waals surface area (Å²) in [4.78, 5) is 0. The summed E-state index contributed by atoms with van der Waals surface area (Å²) < 4.78 is 5.71. The molecule has 0 aromatic carbocycles. The topological polar surface area (TPSA) is 9.23 Å². The molecule has 0 aromatic heterocycles.